The van der Waals surface area contributed by atoms with Crippen LogP contribution in [0.1, 0.15) is 11.5 Å². The Hall–Kier alpha value is -2.69. The van der Waals surface area contributed by atoms with Crippen molar-refractivity contribution in [2.24, 2.45) is 0 Å². The first kappa shape index (κ1) is 11.2. The van der Waals surface area contributed by atoms with E-state index in [1.54, 1.807) is 6.07 Å². The van der Waals surface area contributed by atoms with Gasteiger partial charge in [0.05, 0.1) is 11.3 Å². The van der Waals surface area contributed by atoms with E-state index >= 15 is 0 Å². The van der Waals surface area contributed by atoms with Crippen LogP contribution in [0.2, 0.25) is 0 Å². The molecular formula is C15H13N3O2. The van der Waals surface area contributed by atoms with E-state index in [0.717, 1.165) is 44.7 Å². The van der Waals surface area contributed by atoms with Crippen molar-refractivity contribution < 1.29 is 8.83 Å². The van der Waals surface area contributed by atoms with Gasteiger partial charge in [-0.05, 0) is 32.0 Å². The third-order valence-electron chi connectivity index (χ3n) is 3.42. The van der Waals surface area contributed by atoms with Crippen LogP contribution in [0.4, 0.5) is 5.82 Å². The van der Waals surface area contributed by atoms with E-state index < -0.39 is 0 Å². The van der Waals surface area contributed by atoms with Gasteiger partial charge in [-0.3, -0.25) is 5.10 Å². The molecule has 20 heavy (non-hydrogen) atoms. The zero-order chi connectivity index (χ0) is 13.9. The molecule has 1 aromatic carbocycles. The monoisotopic (exact) mass is 267 g/mol. The van der Waals surface area contributed by atoms with E-state index in [4.69, 9.17) is 14.6 Å². The normalized spacial score (nSPS) is 11.7. The van der Waals surface area contributed by atoms with Gasteiger partial charge in [0.2, 0.25) is 0 Å². The Labute approximate surface area is 114 Å². The van der Waals surface area contributed by atoms with Gasteiger partial charge in [0.1, 0.15) is 28.5 Å². The number of aromatic amines is 1. The van der Waals surface area contributed by atoms with Crippen LogP contribution in [-0.4, -0.2) is 10.2 Å². The maximum atomic E-state index is 5.85. The van der Waals surface area contributed by atoms with E-state index in [-0.39, 0.29) is 0 Å². The number of aryl methyl sites for hydroxylation is 2. The minimum Gasteiger partial charge on any atom is -0.461 e. The Morgan fingerprint density at radius 3 is 2.60 bits per heavy atom. The summed E-state index contributed by atoms with van der Waals surface area (Å²) in [6, 6.07) is 7.79. The first-order valence-electron chi connectivity index (χ1n) is 6.36. The molecule has 5 nitrogen and oxygen atoms in total. The summed E-state index contributed by atoms with van der Waals surface area (Å²) in [7, 11) is 0. The van der Waals surface area contributed by atoms with E-state index in [0.29, 0.717) is 5.82 Å². The molecule has 0 unspecified atom stereocenters. The smallest absolute Gasteiger partial charge is 0.145 e. The fourth-order valence-electron chi connectivity index (χ4n) is 2.67. The van der Waals surface area contributed by atoms with Crippen molar-refractivity contribution in [3.8, 4) is 11.3 Å². The molecule has 0 spiro atoms. The summed E-state index contributed by atoms with van der Waals surface area (Å²) in [4.78, 5) is 0. The predicted octanol–water partition coefficient (Wildman–Crippen LogP) is 3.77. The average Bonchev–Trinajstić information content (AvgIpc) is 3.03. The molecule has 100 valence electrons. The van der Waals surface area contributed by atoms with Crippen molar-refractivity contribution >= 4 is 27.8 Å². The lowest BCUT2D eigenvalue weighted by Gasteiger charge is -2.01. The number of fused-ring (bicyclic) bond motifs is 2. The molecule has 4 aromatic rings. The number of nitrogen functional groups attached to an aromatic ring is 1. The molecule has 0 aliphatic rings. The third kappa shape index (κ3) is 1.46. The number of benzene rings is 1. The molecule has 5 heteroatoms. The molecule has 0 atom stereocenters. The highest BCUT2D eigenvalue weighted by Crippen LogP contribution is 2.38. The molecule has 0 saturated heterocycles. The maximum Gasteiger partial charge on any atom is 0.145 e. The number of hydrogen-bond acceptors (Lipinski definition) is 4. The second-order valence-corrected chi connectivity index (χ2v) is 5.00. The lowest BCUT2D eigenvalue weighted by Crippen LogP contribution is -1.81. The number of aromatic nitrogens is 2. The van der Waals surface area contributed by atoms with E-state index in [2.05, 4.69) is 10.2 Å². The summed E-state index contributed by atoms with van der Waals surface area (Å²) in [5.74, 6) is 2.17. The van der Waals surface area contributed by atoms with E-state index in [1.807, 2.05) is 32.0 Å². The quantitative estimate of drug-likeness (QED) is 0.550. The number of rotatable bonds is 1. The zero-order valence-electron chi connectivity index (χ0n) is 11.2. The van der Waals surface area contributed by atoms with Crippen molar-refractivity contribution in [1.29, 1.82) is 0 Å². The number of hydrogen-bond donors (Lipinski definition) is 2. The summed E-state index contributed by atoms with van der Waals surface area (Å²) < 4.78 is 11.6. The van der Waals surface area contributed by atoms with Gasteiger partial charge in [-0.1, -0.05) is 0 Å². The minimum absolute atomic E-state index is 0.452. The molecule has 3 N–H and O–H groups in total. The Balaban J connectivity index is 2.21. The Morgan fingerprint density at radius 1 is 1.05 bits per heavy atom. The lowest BCUT2D eigenvalue weighted by molar-refractivity contribution is 0.576. The molecular weight excluding hydrogens is 254 g/mol. The highest BCUT2D eigenvalue weighted by atomic mass is 16.3. The average molecular weight is 267 g/mol. The van der Waals surface area contributed by atoms with Gasteiger partial charge in [-0.25, -0.2) is 0 Å². The van der Waals surface area contributed by atoms with Crippen molar-refractivity contribution in [3.05, 3.63) is 35.8 Å². The Kier molecular flexibility index (Phi) is 2.04. The molecule has 3 heterocycles. The summed E-state index contributed by atoms with van der Waals surface area (Å²) in [6.45, 7) is 3.86. The lowest BCUT2D eigenvalue weighted by atomic mass is 10.0. The number of nitrogens with zero attached hydrogens (tertiary/aromatic N) is 1. The standard InChI is InChI=1S/C15H13N3O2/c1-7-3-9-5-12-10(4-8(2)19-12)14(15(9)20-7)11-6-13(16)18-17-11/h3-6H,1-2H3,(H3,16,17,18). The van der Waals surface area contributed by atoms with Gasteiger partial charge in [0, 0.05) is 16.8 Å². The van der Waals surface area contributed by atoms with Crippen LogP contribution in [-0.2, 0) is 0 Å². The minimum atomic E-state index is 0.452. The summed E-state index contributed by atoms with van der Waals surface area (Å²) >= 11 is 0. The van der Waals surface area contributed by atoms with Gasteiger partial charge < -0.3 is 14.6 Å². The number of furan rings is 2. The van der Waals surface area contributed by atoms with Crippen LogP contribution in [0, 0.1) is 13.8 Å². The molecule has 0 bridgehead atoms. The van der Waals surface area contributed by atoms with E-state index in [1.165, 1.54) is 0 Å². The highest BCUT2D eigenvalue weighted by Gasteiger charge is 2.17. The number of anilines is 1. The van der Waals surface area contributed by atoms with Gasteiger partial charge in [-0.2, -0.15) is 5.10 Å². The van der Waals surface area contributed by atoms with Crippen LogP contribution in [0.3, 0.4) is 0 Å². The van der Waals surface area contributed by atoms with Gasteiger partial charge in [0.15, 0.2) is 0 Å². The summed E-state index contributed by atoms with van der Waals surface area (Å²) in [6.07, 6.45) is 0. The molecule has 0 aliphatic heterocycles. The van der Waals surface area contributed by atoms with Crippen LogP contribution >= 0.6 is 0 Å². The van der Waals surface area contributed by atoms with Crippen molar-refractivity contribution in [3.63, 3.8) is 0 Å². The maximum absolute atomic E-state index is 5.85. The van der Waals surface area contributed by atoms with Crippen molar-refractivity contribution in [1.82, 2.24) is 10.2 Å². The second kappa shape index (κ2) is 3.66. The first-order chi connectivity index (χ1) is 9.61. The molecule has 0 radical (unpaired) electrons. The molecule has 0 saturated carbocycles. The topological polar surface area (TPSA) is 81.0 Å². The van der Waals surface area contributed by atoms with Crippen LogP contribution < -0.4 is 5.73 Å². The predicted molar refractivity (Wildman–Crippen MR) is 77.5 cm³/mol. The Bertz CT molecular complexity index is 888. The highest BCUT2D eigenvalue weighted by molar-refractivity contribution is 6.08. The molecule has 0 aliphatic carbocycles. The van der Waals surface area contributed by atoms with Crippen molar-refractivity contribution in [2.75, 3.05) is 5.73 Å². The van der Waals surface area contributed by atoms with Gasteiger partial charge in [0.25, 0.3) is 0 Å². The molecule has 0 amide bonds. The fraction of sp³-hybridized carbons (Fsp3) is 0.133. The largest absolute Gasteiger partial charge is 0.461 e. The van der Waals surface area contributed by atoms with Crippen LogP contribution in [0.15, 0.2) is 33.1 Å². The van der Waals surface area contributed by atoms with Crippen LogP contribution in [0.5, 0.6) is 0 Å². The number of nitrogens with two attached hydrogens (primary N) is 1. The SMILES string of the molecule is Cc1cc2c(-c3cc(N)n[nH]3)c3oc(C)cc3cc2o1. The zero-order valence-corrected chi connectivity index (χ0v) is 11.2. The summed E-state index contributed by atoms with van der Waals surface area (Å²) in [5, 5.41) is 8.95. The van der Waals surface area contributed by atoms with Gasteiger partial charge >= 0.3 is 0 Å². The van der Waals surface area contributed by atoms with Crippen LogP contribution in [0.25, 0.3) is 33.2 Å². The molecule has 3 aromatic heterocycles. The number of nitrogens with one attached hydrogen (secondary N) is 1. The molecule has 0 fully saturated rings. The van der Waals surface area contributed by atoms with Crippen molar-refractivity contribution in [2.45, 2.75) is 13.8 Å². The second-order valence-electron chi connectivity index (χ2n) is 5.00. The van der Waals surface area contributed by atoms with E-state index in [9.17, 15) is 0 Å². The number of H-pyrrole nitrogens is 1. The summed E-state index contributed by atoms with van der Waals surface area (Å²) in [5.41, 5.74) is 9.13. The Morgan fingerprint density at radius 2 is 1.85 bits per heavy atom. The first-order valence-corrected chi connectivity index (χ1v) is 6.36. The third-order valence-corrected chi connectivity index (χ3v) is 3.42. The van der Waals surface area contributed by atoms with Gasteiger partial charge in [-0.15, -0.1) is 0 Å². The molecule has 4 rings (SSSR count). The fourth-order valence-corrected chi connectivity index (χ4v) is 2.67.